The zero-order valence-corrected chi connectivity index (χ0v) is 47.8. The summed E-state index contributed by atoms with van der Waals surface area (Å²) in [5, 5.41) is 22.3. The fourth-order valence-electron chi connectivity index (χ4n) is 16.4. The number of nitro benzene ring substituents is 2. The Balaban J connectivity index is 0.000000190. The van der Waals surface area contributed by atoms with Crippen LogP contribution >= 0.6 is 0 Å². The number of carbonyl (C=O) groups is 4. The van der Waals surface area contributed by atoms with Gasteiger partial charge in [0.05, 0.1) is 57.2 Å². The lowest BCUT2D eigenvalue weighted by atomic mass is 9.60. The summed E-state index contributed by atoms with van der Waals surface area (Å²) in [6, 6.07) is 10.6. The first-order valence-electron chi connectivity index (χ1n) is 28.2. The number of rotatable bonds is 16. The van der Waals surface area contributed by atoms with Crippen LogP contribution in [-0.2, 0) is 38.0 Å². The molecule has 8 aliphatic carbocycles. The maximum atomic E-state index is 14.5. The Hall–Kier alpha value is -6.32. The van der Waals surface area contributed by atoms with Crippen molar-refractivity contribution in [2.24, 2.45) is 57.2 Å². The van der Waals surface area contributed by atoms with E-state index in [0.717, 1.165) is 49.7 Å². The highest BCUT2D eigenvalue weighted by molar-refractivity contribution is 6.10. The quantitative estimate of drug-likeness (QED) is 0.0663. The minimum Gasteiger partial charge on any atom is -0.491 e. The average molecular weight is 1080 g/mol. The van der Waals surface area contributed by atoms with E-state index in [-0.39, 0.29) is 91.7 Å². The van der Waals surface area contributed by atoms with E-state index < -0.39 is 44.8 Å². The number of non-ortho nitro benzene ring substituents is 2. The molecule has 0 N–H and O–H groups in total. The Kier molecular flexibility index (Phi) is 14.3. The Labute approximate surface area is 458 Å². The van der Waals surface area contributed by atoms with Gasteiger partial charge in [-0.25, -0.2) is 9.59 Å². The molecule has 0 aliphatic heterocycles. The fourth-order valence-corrected chi connectivity index (χ4v) is 16.4. The van der Waals surface area contributed by atoms with Gasteiger partial charge in [0.15, 0.2) is 11.5 Å². The van der Waals surface area contributed by atoms with Gasteiger partial charge >= 0.3 is 11.9 Å². The minimum atomic E-state index is -1.56. The zero-order valence-electron chi connectivity index (χ0n) is 47.8. The molecular weight excluding hydrogens is 997 g/mol. The molecule has 4 fully saturated rings. The third-order valence-corrected chi connectivity index (χ3v) is 19.3. The number of hydrogen-bond acceptors (Lipinski definition) is 14. The van der Waals surface area contributed by atoms with Crippen molar-refractivity contribution in [2.45, 2.75) is 184 Å². The lowest BCUT2D eigenvalue weighted by molar-refractivity contribution is -0.385. The molecule has 2 aromatic rings. The van der Waals surface area contributed by atoms with Gasteiger partial charge < -0.3 is 28.4 Å². The van der Waals surface area contributed by atoms with Crippen molar-refractivity contribution >= 4 is 34.9 Å². The number of hydrogen-bond donors (Lipinski definition) is 0. The van der Waals surface area contributed by atoms with Gasteiger partial charge in [-0.05, 0) is 177 Å². The average Bonchev–Trinajstić information content (AvgIpc) is 4.37. The van der Waals surface area contributed by atoms with Crippen LogP contribution in [0.1, 0.15) is 169 Å². The number of esters is 2. The molecule has 8 aliphatic rings. The van der Waals surface area contributed by atoms with Gasteiger partial charge in [0.25, 0.3) is 11.4 Å². The lowest BCUT2D eigenvalue weighted by Crippen LogP contribution is -2.47. The van der Waals surface area contributed by atoms with Gasteiger partial charge in [0.1, 0.15) is 0 Å². The number of allylic oxidation sites excluding steroid dienone is 2. The topological polar surface area (TPSA) is 210 Å². The predicted octanol–water partition coefficient (Wildman–Crippen LogP) is 13.1. The van der Waals surface area contributed by atoms with Gasteiger partial charge in [0, 0.05) is 35.1 Å². The summed E-state index contributed by atoms with van der Waals surface area (Å²) in [6.45, 7) is 28.8. The zero-order chi connectivity index (χ0) is 57.0. The third-order valence-electron chi connectivity index (χ3n) is 19.3. The summed E-state index contributed by atoms with van der Waals surface area (Å²) in [6.07, 6.45) is 10.2. The normalized spacial score (nSPS) is 33.0. The third kappa shape index (κ3) is 8.24. The second-order valence-electron chi connectivity index (χ2n) is 25.5. The van der Waals surface area contributed by atoms with E-state index in [1.165, 1.54) is 48.5 Å². The van der Waals surface area contributed by atoms with Crippen molar-refractivity contribution in [3.05, 3.63) is 126 Å². The monoisotopic (exact) mass is 1070 g/mol. The van der Waals surface area contributed by atoms with E-state index in [0.29, 0.717) is 48.0 Å². The van der Waals surface area contributed by atoms with Crippen LogP contribution in [0.2, 0.25) is 0 Å². The van der Waals surface area contributed by atoms with Crippen LogP contribution < -0.4 is 0 Å². The van der Waals surface area contributed by atoms with Crippen LogP contribution in [0.3, 0.4) is 0 Å². The Morgan fingerprint density at radius 2 is 0.846 bits per heavy atom. The number of nitro groups is 2. The molecule has 2 aromatic carbocycles. The van der Waals surface area contributed by atoms with E-state index in [4.69, 9.17) is 28.4 Å². The molecule has 0 aromatic heterocycles. The molecule has 420 valence electrons. The van der Waals surface area contributed by atoms with Crippen LogP contribution in [0.25, 0.3) is 0 Å². The Morgan fingerprint density at radius 3 is 1.13 bits per heavy atom. The molecule has 0 radical (unpaired) electrons. The molecule has 2 spiro atoms. The Morgan fingerprint density at radius 1 is 0.526 bits per heavy atom. The van der Waals surface area contributed by atoms with Crippen LogP contribution in [-0.4, -0.2) is 69.0 Å². The van der Waals surface area contributed by atoms with Crippen molar-refractivity contribution in [2.75, 3.05) is 0 Å². The molecule has 0 bridgehead atoms. The van der Waals surface area contributed by atoms with Gasteiger partial charge in [-0.15, -0.1) is 0 Å². The highest BCUT2D eigenvalue weighted by atomic mass is 16.6. The molecular formula is C62H78N2O14. The van der Waals surface area contributed by atoms with Gasteiger partial charge in [-0.2, -0.15) is 0 Å². The van der Waals surface area contributed by atoms with Crippen molar-refractivity contribution in [1.82, 2.24) is 0 Å². The van der Waals surface area contributed by atoms with E-state index in [1.54, 1.807) is 0 Å². The molecule has 16 nitrogen and oxygen atoms in total. The minimum absolute atomic E-state index is 0.0596. The standard InChI is InChI=1S/2C31H39NO7/c2*1-17(2)22-12-15-30-16-23-25(37-18(3)4)26(38-19(5)6)27(33)31(23,24(30)13-14-29(22,30)7)39-28(34)20-8-10-21(11-9-20)32(35)36/h2*8-11,13,17-19,22-23H,12,14-16H2,1-7H3/t2*22-,23-,29-,30+,31-/m00/s1. The van der Waals surface area contributed by atoms with Crippen molar-refractivity contribution in [3.8, 4) is 0 Å². The number of Topliss-reactive ketones (excluding diaryl/α,β-unsaturated/α-hetero) is 2. The van der Waals surface area contributed by atoms with Crippen LogP contribution in [0.15, 0.2) is 94.9 Å². The highest BCUT2D eigenvalue weighted by Crippen LogP contribution is 2.79. The predicted molar refractivity (Wildman–Crippen MR) is 289 cm³/mol. The molecule has 78 heavy (non-hydrogen) atoms. The number of fused-ring (bicyclic) bond motifs is 4. The number of ketones is 2. The second-order valence-corrected chi connectivity index (χ2v) is 25.5. The number of carbonyl (C=O) groups excluding carboxylic acids is 4. The number of ether oxygens (including phenoxy) is 6. The van der Waals surface area contributed by atoms with Crippen molar-refractivity contribution < 1.29 is 57.4 Å². The molecule has 4 saturated carbocycles. The highest BCUT2D eigenvalue weighted by Gasteiger charge is 2.80. The second kappa shape index (κ2) is 19.8. The summed E-state index contributed by atoms with van der Waals surface area (Å²) in [5.41, 5.74) is -1.97. The summed E-state index contributed by atoms with van der Waals surface area (Å²) in [4.78, 5) is 77.7. The Bertz CT molecular complexity index is 2750. The van der Waals surface area contributed by atoms with Crippen molar-refractivity contribution in [3.63, 3.8) is 0 Å². The molecule has 0 unspecified atom stereocenters. The molecule has 10 rings (SSSR count). The maximum absolute atomic E-state index is 14.5. The first-order chi connectivity index (χ1) is 36.6. The van der Waals surface area contributed by atoms with Crippen molar-refractivity contribution in [1.29, 1.82) is 0 Å². The van der Waals surface area contributed by atoms with Crippen LogP contribution in [0.4, 0.5) is 11.4 Å². The van der Waals surface area contributed by atoms with Gasteiger partial charge in [-0.1, -0.05) is 53.7 Å². The summed E-state index contributed by atoms with van der Waals surface area (Å²) in [5.74, 6) is 0.0362. The smallest absolute Gasteiger partial charge is 0.339 e. The summed E-state index contributed by atoms with van der Waals surface area (Å²) >= 11 is 0. The lowest BCUT2D eigenvalue weighted by Gasteiger charge is -2.43. The largest absolute Gasteiger partial charge is 0.491 e. The number of benzene rings is 2. The fraction of sp³-hybridized carbons (Fsp3) is 0.613. The SMILES string of the molecule is CC(C)OC1=C(OC(C)C)[C@@H]2C[C@@]34CC[C@@H](C(C)C)[C@]3(C)CC=C4[C@]2(OC(=O)c2ccc([N+](=O)[O-])cc2)C1=O.CC(C)OC1=C(OC(C)C)[C@@H]2C[C@@]34CC[C@@H](C(C)C)[C@]3(C)CC=C4[C@]2(OC(=O)c2ccc([N+](=O)[O-])cc2)C1=O. The van der Waals surface area contributed by atoms with E-state index in [2.05, 4.69) is 53.7 Å². The molecule has 10 atom stereocenters. The first kappa shape index (κ1) is 56.4. The van der Waals surface area contributed by atoms with Gasteiger partial charge in [-0.3, -0.25) is 29.8 Å². The maximum Gasteiger partial charge on any atom is 0.339 e. The van der Waals surface area contributed by atoms with E-state index in [9.17, 15) is 39.4 Å². The van der Waals surface area contributed by atoms with E-state index >= 15 is 0 Å². The van der Waals surface area contributed by atoms with Crippen LogP contribution in [0.5, 0.6) is 0 Å². The first-order valence-corrected chi connectivity index (χ1v) is 28.2. The van der Waals surface area contributed by atoms with Crippen LogP contribution in [0, 0.1) is 77.4 Å². The van der Waals surface area contributed by atoms with E-state index in [1.807, 2.05) is 55.4 Å². The molecule has 0 amide bonds. The number of nitrogens with zero attached hydrogens (tertiary/aromatic N) is 2. The van der Waals surface area contributed by atoms with Gasteiger partial charge in [0.2, 0.25) is 34.3 Å². The molecule has 16 heteroatoms. The molecule has 0 saturated heterocycles. The molecule has 0 heterocycles. The summed E-state index contributed by atoms with van der Waals surface area (Å²) in [7, 11) is 0. The summed E-state index contributed by atoms with van der Waals surface area (Å²) < 4.78 is 37.6.